The first kappa shape index (κ1) is 22.6. The summed E-state index contributed by atoms with van der Waals surface area (Å²) in [4.78, 5) is 0. The van der Waals surface area contributed by atoms with Crippen LogP contribution in [0.1, 0.15) is 106 Å². The first-order chi connectivity index (χ1) is 14.2. The van der Waals surface area contributed by atoms with Gasteiger partial charge in [-0.05, 0) is 124 Å². The number of aliphatic hydroxyl groups is 1. The minimum absolute atomic E-state index is 0.0833. The molecule has 4 aliphatic rings. The fourth-order valence-electron chi connectivity index (χ4n) is 8.84. The molecule has 3 fully saturated rings. The molecular weight excluding hydrogens is 364 g/mol. The Morgan fingerprint density at radius 2 is 1.87 bits per heavy atom. The minimum atomic E-state index is -0.0833. The van der Waals surface area contributed by atoms with Crippen LogP contribution in [0.3, 0.4) is 0 Å². The Bertz CT molecular complexity index is 688. The highest BCUT2D eigenvalue weighted by atomic mass is 16.3. The molecule has 0 spiro atoms. The quantitative estimate of drug-likeness (QED) is 0.454. The number of fused-ring (bicyclic) bond motifs is 5. The Hall–Kier alpha value is -0.560. The predicted octanol–water partition coefficient (Wildman–Crippen LogP) is 7.94. The molecule has 1 N–H and O–H groups in total. The van der Waals surface area contributed by atoms with Crippen molar-refractivity contribution < 1.29 is 5.11 Å². The summed E-state index contributed by atoms with van der Waals surface area (Å²) in [5, 5.41) is 10.2. The Labute approximate surface area is 186 Å². The second-order valence-corrected chi connectivity index (χ2v) is 12.4. The van der Waals surface area contributed by atoms with Crippen LogP contribution < -0.4 is 0 Å². The molecule has 4 rings (SSSR count). The predicted molar refractivity (Wildman–Crippen MR) is 128 cm³/mol. The maximum Gasteiger partial charge on any atom is 0.0577 e. The highest BCUT2D eigenvalue weighted by Crippen LogP contribution is 2.67. The van der Waals surface area contributed by atoms with Crippen LogP contribution in [0.4, 0.5) is 0 Å². The number of rotatable bonds is 5. The Balaban J connectivity index is 1.47. The molecule has 0 aromatic heterocycles. The largest absolute Gasteiger partial charge is 0.393 e. The molecule has 1 nitrogen and oxygen atoms in total. The van der Waals surface area contributed by atoms with E-state index in [4.69, 9.17) is 0 Å². The third-order valence-corrected chi connectivity index (χ3v) is 11.1. The summed E-state index contributed by atoms with van der Waals surface area (Å²) in [7, 11) is 0. The molecule has 30 heavy (non-hydrogen) atoms. The number of allylic oxidation sites excluding steroid dienone is 3. The molecule has 0 aromatic carbocycles. The molecule has 0 heterocycles. The van der Waals surface area contributed by atoms with Crippen LogP contribution in [0, 0.1) is 46.3 Å². The van der Waals surface area contributed by atoms with Crippen molar-refractivity contribution in [3.8, 4) is 0 Å². The third kappa shape index (κ3) is 3.66. The highest BCUT2D eigenvalue weighted by molar-refractivity contribution is 5.25. The van der Waals surface area contributed by atoms with Gasteiger partial charge in [-0.15, -0.1) is 0 Å². The summed E-state index contributed by atoms with van der Waals surface area (Å²) in [5.74, 6) is 5.22. The van der Waals surface area contributed by atoms with Crippen molar-refractivity contribution in [3.63, 3.8) is 0 Å². The van der Waals surface area contributed by atoms with Gasteiger partial charge in [0.05, 0.1) is 6.10 Å². The first-order valence-corrected chi connectivity index (χ1v) is 13.2. The van der Waals surface area contributed by atoms with Crippen LogP contribution in [0.5, 0.6) is 0 Å². The molecule has 0 aliphatic heterocycles. The normalized spacial score (nSPS) is 45.8. The maximum absolute atomic E-state index is 10.2. The lowest BCUT2D eigenvalue weighted by molar-refractivity contribution is -0.0573. The van der Waals surface area contributed by atoms with E-state index in [0.29, 0.717) is 10.8 Å². The molecular formula is C29H48O. The molecule has 0 unspecified atom stereocenters. The van der Waals surface area contributed by atoms with Gasteiger partial charge in [-0.25, -0.2) is 0 Å². The molecule has 0 radical (unpaired) electrons. The molecule has 0 saturated heterocycles. The number of aliphatic hydroxyl groups excluding tert-OH is 1. The zero-order chi connectivity index (χ0) is 21.7. The molecule has 170 valence electrons. The molecule has 3 saturated carbocycles. The van der Waals surface area contributed by atoms with Crippen molar-refractivity contribution >= 4 is 0 Å². The summed E-state index contributed by atoms with van der Waals surface area (Å²) in [5.41, 5.74) is 4.12. The van der Waals surface area contributed by atoms with Crippen molar-refractivity contribution in [2.75, 3.05) is 0 Å². The van der Waals surface area contributed by atoms with Gasteiger partial charge >= 0.3 is 0 Å². The molecule has 0 bridgehead atoms. The van der Waals surface area contributed by atoms with E-state index in [2.05, 4.69) is 53.7 Å². The second kappa shape index (κ2) is 8.42. The van der Waals surface area contributed by atoms with Crippen LogP contribution in [0.25, 0.3) is 0 Å². The molecule has 0 amide bonds. The zero-order valence-corrected chi connectivity index (χ0v) is 20.7. The smallest absolute Gasteiger partial charge is 0.0577 e. The van der Waals surface area contributed by atoms with Crippen LogP contribution >= 0.6 is 0 Å². The van der Waals surface area contributed by atoms with Gasteiger partial charge in [-0.1, -0.05) is 51.0 Å². The lowest BCUT2D eigenvalue weighted by atomic mass is 9.47. The average Bonchev–Trinajstić information content (AvgIpc) is 3.09. The van der Waals surface area contributed by atoms with E-state index in [1.807, 2.05) is 0 Å². The van der Waals surface area contributed by atoms with Crippen molar-refractivity contribution in [3.05, 3.63) is 23.3 Å². The van der Waals surface area contributed by atoms with Crippen LogP contribution in [-0.2, 0) is 0 Å². The van der Waals surface area contributed by atoms with E-state index < -0.39 is 0 Å². The van der Waals surface area contributed by atoms with E-state index in [0.717, 1.165) is 48.3 Å². The van der Waals surface area contributed by atoms with Gasteiger partial charge in [0.1, 0.15) is 0 Å². The van der Waals surface area contributed by atoms with Crippen LogP contribution in [-0.4, -0.2) is 11.2 Å². The summed E-state index contributed by atoms with van der Waals surface area (Å²) in [6.45, 7) is 14.7. The van der Waals surface area contributed by atoms with Crippen molar-refractivity contribution in [1.29, 1.82) is 0 Å². The lowest BCUT2D eigenvalue weighted by Gasteiger charge is -2.58. The SMILES string of the molecule is C/C=C(\C)[C@@H](C)CC[C@@H](C)[C@H]1CC[C@@H]2[C@H]3CC=C4C[C@@H](O)CC[C@]4(C)[C@@H]3CC[C@@]21C. The fraction of sp³-hybridized carbons (Fsp3) is 0.862. The van der Waals surface area contributed by atoms with E-state index in [1.54, 1.807) is 11.1 Å². The van der Waals surface area contributed by atoms with Gasteiger partial charge in [0, 0.05) is 0 Å². The molecule has 9 atom stereocenters. The second-order valence-electron chi connectivity index (χ2n) is 12.4. The van der Waals surface area contributed by atoms with Crippen molar-refractivity contribution in [2.24, 2.45) is 46.3 Å². The van der Waals surface area contributed by atoms with E-state index in [1.165, 1.54) is 51.4 Å². The Kier molecular flexibility index (Phi) is 6.35. The van der Waals surface area contributed by atoms with Gasteiger partial charge in [0.2, 0.25) is 0 Å². The van der Waals surface area contributed by atoms with Crippen LogP contribution in [0.2, 0.25) is 0 Å². The van der Waals surface area contributed by atoms with Crippen molar-refractivity contribution in [1.82, 2.24) is 0 Å². The maximum atomic E-state index is 10.2. The molecule has 4 aliphatic carbocycles. The minimum Gasteiger partial charge on any atom is -0.393 e. The van der Waals surface area contributed by atoms with E-state index >= 15 is 0 Å². The van der Waals surface area contributed by atoms with Gasteiger partial charge in [0.25, 0.3) is 0 Å². The lowest BCUT2D eigenvalue weighted by Crippen LogP contribution is -2.50. The average molecular weight is 413 g/mol. The van der Waals surface area contributed by atoms with Gasteiger partial charge in [0.15, 0.2) is 0 Å². The van der Waals surface area contributed by atoms with Crippen LogP contribution in [0.15, 0.2) is 23.3 Å². The Morgan fingerprint density at radius 1 is 1.10 bits per heavy atom. The summed E-state index contributed by atoms with van der Waals surface area (Å²) in [6, 6.07) is 0. The fourth-order valence-corrected chi connectivity index (χ4v) is 8.84. The van der Waals surface area contributed by atoms with Gasteiger partial charge < -0.3 is 5.11 Å². The molecule has 0 aromatic rings. The monoisotopic (exact) mass is 412 g/mol. The first-order valence-electron chi connectivity index (χ1n) is 13.2. The van der Waals surface area contributed by atoms with Crippen molar-refractivity contribution in [2.45, 2.75) is 112 Å². The molecule has 1 heteroatoms. The van der Waals surface area contributed by atoms with Gasteiger partial charge in [-0.3, -0.25) is 0 Å². The third-order valence-electron chi connectivity index (χ3n) is 11.1. The summed E-state index contributed by atoms with van der Waals surface area (Å²) >= 11 is 0. The van der Waals surface area contributed by atoms with E-state index in [9.17, 15) is 5.11 Å². The topological polar surface area (TPSA) is 20.2 Å². The summed E-state index contributed by atoms with van der Waals surface area (Å²) in [6.07, 6.45) is 17.8. The highest BCUT2D eigenvalue weighted by Gasteiger charge is 2.59. The summed E-state index contributed by atoms with van der Waals surface area (Å²) < 4.78 is 0. The number of hydrogen-bond donors (Lipinski definition) is 1. The van der Waals surface area contributed by atoms with E-state index in [-0.39, 0.29) is 6.10 Å². The Morgan fingerprint density at radius 3 is 2.60 bits per heavy atom. The zero-order valence-electron chi connectivity index (χ0n) is 20.7. The van der Waals surface area contributed by atoms with Gasteiger partial charge in [-0.2, -0.15) is 0 Å². The number of hydrogen-bond acceptors (Lipinski definition) is 1. The standard InChI is InChI=1S/C29H48O/c1-7-19(2)20(3)8-9-21(4)25-12-13-26-24-11-10-22-18-23(30)14-16-28(22,5)27(24)15-17-29(25,26)6/h7,10,20-21,23-27,30H,8-9,11-18H2,1-6H3/b19-7+/t20-,21+,23-,24+,25+,26+,27+,28-,29+/m0/s1.